The minimum atomic E-state index is -0.741. The average molecular weight is 362 g/mol. The van der Waals surface area contributed by atoms with Gasteiger partial charge < -0.3 is 4.74 Å². The maximum atomic E-state index is 12.4. The molecule has 3 rings (SSSR count). The molecule has 0 N–H and O–H groups in total. The average Bonchev–Trinajstić information content (AvgIpc) is 2.70. The van der Waals surface area contributed by atoms with Gasteiger partial charge in [0.05, 0.1) is 12.5 Å². The molecule has 3 aromatic carbocycles. The number of benzene rings is 3. The first-order valence-corrected chi connectivity index (χ1v) is 10.2. The van der Waals surface area contributed by atoms with Gasteiger partial charge in [0.2, 0.25) is 0 Å². The summed E-state index contributed by atoms with van der Waals surface area (Å²) in [5.74, 6) is -0.459. The van der Waals surface area contributed by atoms with Crippen LogP contribution >= 0.6 is 7.92 Å². The summed E-state index contributed by atoms with van der Waals surface area (Å²) in [6.07, 6.45) is 0. The number of hydrogen-bond acceptors (Lipinski definition) is 2. The molecule has 0 saturated carbocycles. The standard InChI is InChI=1S/C23H23O2P/c1-3-25-23(24)18(2)21-16-10-11-17-22(21)26(19-12-6-4-7-13-19)20-14-8-5-9-15-20/h4-18H,3H2,1-2H3. The van der Waals surface area contributed by atoms with Crippen LogP contribution in [0.2, 0.25) is 0 Å². The summed E-state index contributed by atoms with van der Waals surface area (Å²) in [6, 6.07) is 29.3. The predicted octanol–water partition coefficient (Wildman–Crippen LogP) is 4.11. The Morgan fingerprint density at radius 1 is 0.846 bits per heavy atom. The molecular weight excluding hydrogens is 339 g/mol. The molecule has 2 nitrogen and oxygen atoms in total. The van der Waals surface area contributed by atoms with Crippen LogP contribution in [0.25, 0.3) is 0 Å². The minimum absolute atomic E-state index is 0.170. The summed E-state index contributed by atoms with van der Waals surface area (Å²) in [7, 11) is -0.741. The van der Waals surface area contributed by atoms with Gasteiger partial charge in [0, 0.05) is 0 Å². The third-order valence-corrected chi connectivity index (χ3v) is 6.83. The minimum Gasteiger partial charge on any atom is -0.466 e. The molecule has 0 heterocycles. The van der Waals surface area contributed by atoms with E-state index in [1.54, 1.807) is 0 Å². The SMILES string of the molecule is CCOC(=O)C(C)c1ccccc1P(c1ccccc1)c1ccccc1. The topological polar surface area (TPSA) is 26.3 Å². The number of rotatable bonds is 6. The molecule has 0 bridgehead atoms. The summed E-state index contributed by atoms with van der Waals surface area (Å²) in [5.41, 5.74) is 1.05. The zero-order valence-corrected chi connectivity index (χ0v) is 16.0. The monoisotopic (exact) mass is 362 g/mol. The van der Waals surface area contributed by atoms with Crippen LogP contribution < -0.4 is 15.9 Å². The van der Waals surface area contributed by atoms with E-state index in [0.29, 0.717) is 6.61 Å². The van der Waals surface area contributed by atoms with E-state index in [9.17, 15) is 4.79 Å². The molecule has 0 radical (unpaired) electrons. The van der Waals surface area contributed by atoms with Crippen molar-refractivity contribution in [3.05, 3.63) is 90.5 Å². The highest BCUT2D eigenvalue weighted by atomic mass is 31.1. The fraction of sp³-hybridized carbons (Fsp3) is 0.174. The van der Waals surface area contributed by atoms with Crippen molar-refractivity contribution >= 4 is 29.8 Å². The summed E-state index contributed by atoms with van der Waals surface area (Å²) < 4.78 is 5.27. The van der Waals surface area contributed by atoms with Crippen LogP contribution in [0.15, 0.2) is 84.9 Å². The van der Waals surface area contributed by atoms with Crippen molar-refractivity contribution in [1.29, 1.82) is 0 Å². The Morgan fingerprint density at radius 2 is 1.35 bits per heavy atom. The Kier molecular flexibility index (Phi) is 6.20. The number of esters is 1. The largest absolute Gasteiger partial charge is 0.466 e. The Balaban J connectivity index is 2.13. The van der Waals surface area contributed by atoms with Crippen molar-refractivity contribution in [2.75, 3.05) is 6.61 Å². The van der Waals surface area contributed by atoms with E-state index in [4.69, 9.17) is 4.74 Å². The van der Waals surface area contributed by atoms with Crippen LogP contribution in [0.4, 0.5) is 0 Å². The highest BCUT2D eigenvalue weighted by molar-refractivity contribution is 7.79. The number of hydrogen-bond donors (Lipinski definition) is 0. The highest BCUT2D eigenvalue weighted by Crippen LogP contribution is 2.36. The van der Waals surface area contributed by atoms with Crippen LogP contribution in [0.5, 0.6) is 0 Å². The van der Waals surface area contributed by atoms with E-state index in [1.165, 1.54) is 15.9 Å². The fourth-order valence-electron chi connectivity index (χ4n) is 3.03. The van der Waals surface area contributed by atoms with Crippen molar-refractivity contribution in [3.63, 3.8) is 0 Å². The molecule has 1 atom stereocenters. The molecule has 0 saturated heterocycles. The van der Waals surface area contributed by atoms with Gasteiger partial charge in [0.1, 0.15) is 0 Å². The lowest BCUT2D eigenvalue weighted by molar-refractivity contribution is -0.144. The first-order valence-electron chi connectivity index (χ1n) is 8.88. The van der Waals surface area contributed by atoms with Crippen LogP contribution in [0.1, 0.15) is 25.3 Å². The summed E-state index contributed by atoms with van der Waals surface area (Å²) in [6.45, 7) is 4.18. The Labute approximate surface area is 156 Å². The van der Waals surface area contributed by atoms with E-state index in [-0.39, 0.29) is 11.9 Å². The van der Waals surface area contributed by atoms with Gasteiger partial charge >= 0.3 is 5.97 Å². The van der Waals surface area contributed by atoms with Crippen molar-refractivity contribution < 1.29 is 9.53 Å². The predicted molar refractivity (Wildman–Crippen MR) is 110 cm³/mol. The van der Waals surface area contributed by atoms with E-state index >= 15 is 0 Å². The van der Waals surface area contributed by atoms with Gasteiger partial charge in [0.15, 0.2) is 0 Å². The van der Waals surface area contributed by atoms with Crippen LogP contribution in [-0.2, 0) is 9.53 Å². The smallest absolute Gasteiger partial charge is 0.313 e. The zero-order valence-electron chi connectivity index (χ0n) is 15.1. The quantitative estimate of drug-likeness (QED) is 0.487. The number of carbonyl (C=O) groups excluding carboxylic acids is 1. The molecule has 1 unspecified atom stereocenters. The van der Waals surface area contributed by atoms with Crippen molar-refractivity contribution in [2.45, 2.75) is 19.8 Å². The number of ether oxygens (including phenoxy) is 1. The lowest BCUT2D eigenvalue weighted by Gasteiger charge is -2.24. The molecule has 132 valence electrons. The van der Waals surface area contributed by atoms with Gasteiger partial charge in [-0.2, -0.15) is 0 Å². The summed E-state index contributed by atoms with van der Waals surface area (Å²) in [5, 5.41) is 3.76. The summed E-state index contributed by atoms with van der Waals surface area (Å²) >= 11 is 0. The highest BCUT2D eigenvalue weighted by Gasteiger charge is 2.25. The van der Waals surface area contributed by atoms with Crippen molar-refractivity contribution in [3.8, 4) is 0 Å². The second kappa shape index (κ2) is 8.78. The Hall–Kier alpha value is -2.44. The first kappa shape index (κ1) is 18.4. The van der Waals surface area contributed by atoms with Gasteiger partial charge in [-0.05, 0) is 43.2 Å². The zero-order chi connectivity index (χ0) is 18.4. The summed E-state index contributed by atoms with van der Waals surface area (Å²) in [4.78, 5) is 12.4. The molecule has 0 aliphatic rings. The van der Waals surface area contributed by atoms with Gasteiger partial charge in [-0.25, -0.2) is 0 Å². The third-order valence-electron chi connectivity index (χ3n) is 4.31. The maximum Gasteiger partial charge on any atom is 0.313 e. The second-order valence-corrected chi connectivity index (χ2v) is 8.22. The molecule has 3 heteroatoms. The first-order chi connectivity index (χ1) is 12.7. The molecule has 0 amide bonds. The van der Waals surface area contributed by atoms with Crippen LogP contribution in [0.3, 0.4) is 0 Å². The molecule has 26 heavy (non-hydrogen) atoms. The fourth-order valence-corrected chi connectivity index (χ4v) is 5.59. The molecule has 0 aliphatic heterocycles. The van der Waals surface area contributed by atoms with Gasteiger partial charge in [-0.15, -0.1) is 0 Å². The van der Waals surface area contributed by atoms with E-state index in [0.717, 1.165) is 5.56 Å². The van der Waals surface area contributed by atoms with E-state index in [2.05, 4.69) is 66.7 Å². The van der Waals surface area contributed by atoms with Gasteiger partial charge in [-0.1, -0.05) is 84.9 Å². The molecule has 0 aliphatic carbocycles. The van der Waals surface area contributed by atoms with Gasteiger partial charge in [0.25, 0.3) is 0 Å². The van der Waals surface area contributed by atoms with Gasteiger partial charge in [-0.3, -0.25) is 4.79 Å². The molecule has 0 spiro atoms. The Morgan fingerprint density at radius 3 is 1.88 bits per heavy atom. The molecular formula is C23H23O2P. The van der Waals surface area contributed by atoms with E-state index < -0.39 is 7.92 Å². The van der Waals surface area contributed by atoms with Crippen molar-refractivity contribution in [1.82, 2.24) is 0 Å². The lowest BCUT2D eigenvalue weighted by atomic mass is 10.0. The Bertz CT molecular complexity index is 807. The van der Waals surface area contributed by atoms with Crippen molar-refractivity contribution in [2.24, 2.45) is 0 Å². The van der Waals surface area contributed by atoms with Crippen LogP contribution in [-0.4, -0.2) is 12.6 Å². The third kappa shape index (κ3) is 4.03. The second-order valence-electron chi connectivity index (χ2n) is 6.04. The molecule has 0 aromatic heterocycles. The van der Waals surface area contributed by atoms with Crippen LogP contribution in [0, 0.1) is 0 Å². The molecule has 3 aromatic rings. The van der Waals surface area contributed by atoms with E-state index in [1.807, 2.05) is 32.0 Å². The normalized spacial score (nSPS) is 12.0. The maximum absolute atomic E-state index is 12.4. The lowest BCUT2D eigenvalue weighted by Crippen LogP contribution is -2.26. The number of carbonyl (C=O) groups is 1. The molecule has 0 fully saturated rings.